The van der Waals surface area contributed by atoms with Crippen LogP contribution in [0.5, 0.6) is 0 Å². The lowest BCUT2D eigenvalue weighted by Gasteiger charge is -2.09. The first-order valence-corrected chi connectivity index (χ1v) is 5.84. The molecule has 0 N–H and O–H groups in total. The molecular weight excluding hydrogens is 263 g/mol. The Labute approximate surface area is 115 Å². The number of alkyl halides is 1. The van der Waals surface area contributed by atoms with Gasteiger partial charge in [-0.2, -0.15) is 10.5 Å². The molecule has 0 bridgehead atoms. The van der Waals surface area contributed by atoms with Crippen LogP contribution in [0.1, 0.15) is 34.8 Å². The van der Waals surface area contributed by atoms with Crippen LogP contribution in [0.25, 0.3) is 0 Å². The van der Waals surface area contributed by atoms with Crippen LogP contribution in [0.3, 0.4) is 0 Å². The van der Waals surface area contributed by atoms with Gasteiger partial charge in [-0.15, -0.1) is 0 Å². The zero-order chi connectivity index (χ0) is 15.1. The lowest BCUT2D eigenvalue weighted by Crippen LogP contribution is -2.29. The van der Waals surface area contributed by atoms with Crippen molar-refractivity contribution in [3.8, 4) is 12.1 Å². The first-order chi connectivity index (χ1) is 9.56. The number of nitriles is 2. The van der Waals surface area contributed by atoms with Crippen molar-refractivity contribution in [1.29, 1.82) is 10.5 Å². The molecule has 6 heteroatoms. The van der Waals surface area contributed by atoms with Crippen LogP contribution >= 0.6 is 0 Å². The summed E-state index contributed by atoms with van der Waals surface area (Å²) >= 11 is 0. The number of carbonyl (C=O) groups excluding carboxylic acids is 2. The Balaban J connectivity index is 3.13. The smallest absolute Gasteiger partial charge is 0.349 e. The Kier molecular flexibility index (Phi) is 5.37. The number of Topliss-reactive ketones (excluding diaryl/α,β-unsaturated/α-hetero) is 1. The Morgan fingerprint density at radius 2 is 1.85 bits per heavy atom. The van der Waals surface area contributed by atoms with Gasteiger partial charge in [0.2, 0.25) is 5.78 Å². The molecule has 0 aliphatic heterocycles. The van der Waals surface area contributed by atoms with E-state index in [1.165, 1.54) is 18.2 Å². The molecular formula is C14H11FN2O3. The maximum Gasteiger partial charge on any atom is 0.349 e. The normalized spacial score (nSPS) is 11.0. The lowest BCUT2D eigenvalue weighted by molar-refractivity contribution is -0.147. The van der Waals surface area contributed by atoms with Crippen molar-refractivity contribution in [2.45, 2.75) is 19.5 Å². The zero-order valence-corrected chi connectivity index (χ0v) is 10.7. The molecule has 0 aliphatic carbocycles. The summed E-state index contributed by atoms with van der Waals surface area (Å²) in [6, 6.07) is 7.35. The van der Waals surface area contributed by atoms with E-state index in [0.717, 1.165) is 0 Å². The second-order valence-corrected chi connectivity index (χ2v) is 3.85. The molecule has 1 unspecified atom stereocenters. The highest BCUT2D eigenvalue weighted by atomic mass is 19.1. The second-order valence-electron chi connectivity index (χ2n) is 3.85. The first-order valence-electron chi connectivity index (χ1n) is 5.84. The van der Waals surface area contributed by atoms with Crippen LogP contribution in [0.4, 0.5) is 4.39 Å². The van der Waals surface area contributed by atoms with Gasteiger partial charge in [-0.25, -0.2) is 9.18 Å². The largest absolute Gasteiger partial charge is 0.463 e. The molecule has 1 aromatic rings. The topological polar surface area (TPSA) is 90.9 Å². The second kappa shape index (κ2) is 7.01. The molecule has 0 fully saturated rings. The quantitative estimate of drug-likeness (QED) is 0.464. The molecule has 5 nitrogen and oxygen atoms in total. The van der Waals surface area contributed by atoms with Crippen LogP contribution < -0.4 is 0 Å². The number of hydrogen-bond donors (Lipinski definition) is 0. The molecule has 0 spiro atoms. The number of ether oxygens (including phenoxy) is 1. The van der Waals surface area contributed by atoms with Gasteiger partial charge in [0.05, 0.1) is 35.4 Å². The lowest BCUT2D eigenvalue weighted by atomic mass is 9.96. The highest BCUT2D eigenvalue weighted by Crippen LogP contribution is 2.18. The minimum absolute atomic E-state index is 0.00244. The number of hydrogen-bond acceptors (Lipinski definition) is 5. The maximum atomic E-state index is 13.8. The Morgan fingerprint density at radius 3 is 2.30 bits per heavy atom. The molecule has 0 saturated heterocycles. The van der Waals surface area contributed by atoms with E-state index in [2.05, 4.69) is 4.74 Å². The predicted octanol–water partition coefficient (Wildman–Crippen LogP) is 1.90. The average Bonchev–Trinajstić information content (AvgIpc) is 2.49. The molecule has 0 aromatic heterocycles. The van der Waals surface area contributed by atoms with Crippen molar-refractivity contribution in [2.24, 2.45) is 0 Å². The molecule has 1 aromatic carbocycles. The van der Waals surface area contributed by atoms with Crippen molar-refractivity contribution in [2.75, 3.05) is 6.61 Å². The van der Waals surface area contributed by atoms with E-state index in [9.17, 15) is 14.0 Å². The van der Waals surface area contributed by atoms with Crippen LogP contribution in [-0.2, 0) is 9.53 Å². The molecule has 0 aliphatic rings. The number of carbonyl (C=O) groups is 2. The standard InChI is InChI=1S/C14H11FN2O3/c1-2-6-20-14(19)12(15)13(18)11-9(7-16)4-3-5-10(11)8-17/h3-5,12H,2,6H2,1H3. The monoisotopic (exact) mass is 274 g/mol. The van der Waals surface area contributed by atoms with Crippen molar-refractivity contribution >= 4 is 11.8 Å². The fourth-order valence-corrected chi connectivity index (χ4v) is 1.51. The van der Waals surface area contributed by atoms with Gasteiger partial charge in [-0.1, -0.05) is 13.0 Å². The van der Waals surface area contributed by atoms with E-state index in [1.54, 1.807) is 19.1 Å². The van der Waals surface area contributed by atoms with Gasteiger partial charge in [0, 0.05) is 0 Å². The maximum absolute atomic E-state index is 13.8. The molecule has 102 valence electrons. The summed E-state index contributed by atoms with van der Waals surface area (Å²) in [4.78, 5) is 23.3. The van der Waals surface area contributed by atoms with E-state index >= 15 is 0 Å². The Hall–Kier alpha value is -2.73. The summed E-state index contributed by atoms with van der Waals surface area (Å²) in [6.07, 6.45) is -2.05. The summed E-state index contributed by atoms with van der Waals surface area (Å²) in [5.74, 6) is -2.55. The third-order valence-electron chi connectivity index (χ3n) is 2.44. The molecule has 1 rings (SSSR count). The summed E-state index contributed by atoms with van der Waals surface area (Å²) in [5, 5.41) is 17.8. The van der Waals surface area contributed by atoms with Crippen molar-refractivity contribution in [1.82, 2.24) is 0 Å². The number of rotatable bonds is 5. The number of esters is 1. The van der Waals surface area contributed by atoms with Gasteiger partial charge in [0.25, 0.3) is 6.17 Å². The Bertz CT molecular complexity index is 582. The third-order valence-corrected chi connectivity index (χ3v) is 2.44. The molecule has 0 amide bonds. The Morgan fingerprint density at radius 1 is 1.30 bits per heavy atom. The van der Waals surface area contributed by atoms with Gasteiger partial charge in [0.1, 0.15) is 0 Å². The number of benzene rings is 1. The van der Waals surface area contributed by atoms with Crippen LogP contribution in [-0.4, -0.2) is 24.5 Å². The van der Waals surface area contributed by atoms with E-state index in [0.29, 0.717) is 6.42 Å². The predicted molar refractivity (Wildman–Crippen MR) is 66.3 cm³/mol. The molecule has 0 radical (unpaired) electrons. The van der Waals surface area contributed by atoms with Crippen molar-refractivity contribution < 1.29 is 18.7 Å². The minimum Gasteiger partial charge on any atom is -0.463 e. The molecule has 20 heavy (non-hydrogen) atoms. The van der Waals surface area contributed by atoms with Gasteiger partial charge in [0.15, 0.2) is 0 Å². The zero-order valence-electron chi connectivity index (χ0n) is 10.7. The summed E-state index contributed by atoms with van der Waals surface area (Å²) in [5.41, 5.74) is -0.696. The van der Waals surface area contributed by atoms with Crippen molar-refractivity contribution in [3.63, 3.8) is 0 Å². The van der Waals surface area contributed by atoms with E-state index < -0.39 is 23.5 Å². The van der Waals surface area contributed by atoms with Gasteiger partial charge >= 0.3 is 5.97 Å². The van der Waals surface area contributed by atoms with Crippen molar-refractivity contribution in [3.05, 3.63) is 34.9 Å². The van der Waals surface area contributed by atoms with Gasteiger partial charge in [-0.05, 0) is 18.6 Å². The van der Waals surface area contributed by atoms with Crippen LogP contribution in [0.15, 0.2) is 18.2 Å². The third kappa shape index (κ3) is 3.18. The fraction of sp³-hybridized carbons (Fsp3) is 0.286. The fourth-order valence-electron chi connectivity index (χ4n) is 1.51. The van der Waals surface area contributed by atoms with E-state index in [1.807, 2.05) is 0 Å². The summed E-state index contributed by atoms with van der Waals surface area (Å²) in [7, 11) is 0. The summed E-state index contributed by atoms with van der Waals surface area (Å²) in [6.45, 7) is 1.72. The van der Waals surface area contributed by atoms with Gasteiger partial charge < -0.3 is 4.74 Å². The molecule has 0 saturated carbocycles. The minimum atomic E-state index is -2.54. The van der Waals surface area contributed by atoms with Crippen LogP contribution in [0, 0.1) is 22.7 Å². The van der Waals surface area contributed by atoms with Crippen LogP contribution in [0.2, 0.25) is 0 Å². The molecule has 1 atom stereocenters. The highest BCUT2D eigenvalue weighted by molar-refractivity contribution is 6.13. The number of ketones is 1. The first kappa shape index (κ1) is 15.3. The molecule has 0 heterocycles. The number of halogens is 1. The van der Waals surface area contributed by atoms with E-state index in [4.69, 9.17) is 10.5 Å². The number of nitrogens with zero attached hydrogens (tertiary/aromatic N) is 2. The van der Waals surface area contributed by atoms with E-state index in [-0.39, 0.29) is 17.7 Å². The van der Waals surface area contributed by atoms with Gasteiger partial charge in [-0.3, -0.25) is 4.79 Å². The highest BCUT2D eigenvalue weighted by Gasteiger charge is 2.32. The summed E-state index contributed by atoms with van der Waals surface area (Å²) < 4.78 is 18.3. The SMILES string of the molecule is CCCOC(=O)C(F)C(=O)c1c(C#N)cccc1C#N. The average molecular weight is 274 g/mol.